The zero-order chi connectivity index (χ0) is 15.4. The minimum absolute atomic E-state index is 0.000901. The number of rotatable bonds is 5. The van der Waals surface area contributed by atoms with Crippen LogP contribution in [0.15, 0.2) is 18.2 Å². The monoisotopic (exact) mass is 328 g/mol. The molecule has 10 heteroatoms. The van der Waals surface area contributed by atoms with Crippen LogP contribution in [0.4, 0.5) is 10.8 Å². The maximum Gasteiger partial charge on any atom is 0.270 e. The molecule has 8 nitrogen and oxygen atoms in total. The predicted octanol–water partition coefficient (Wildman–Crippen LogP) is 0.844. The lowest BCUT2D eigenvalue weighted by atomic mass is 10.3. The number of hydrogen-bond acceptors (Lipinski definition) is 7. The molecule has 4 N–H and O–H groups in total. The second-order valence-corrected chi connectivity index (χ2v) is 5.53. The van der Waals surface area contributed by atoms with Gasteiger partial charge in [0.05, 0.1) is 34.4 Å². The third-order valence-electron chi connectivity index (χ3n) is 2.58. The molecular weight excluding hydrogens is 316 g/mol. The summed E-state index contributed by atoms with van der Waals surface area (Å²) in [6.45, 7) is -0.519. The Labute approximate surface area is 128 Å². The van der Waals surface area contributed by atoms with Crippen LogP contribution in [0, 0.1) is 10.1 Å². The molecule has 0 unspecified atom stereocenters. The lowest BCUT2D eigenvalue weighted by Crippen LogP contribution is -2.42. The van der Waals surface area contributed by atoms with Gasteiger partial charge in [-0.05, 0) is 18.3 Å². The molecule has 0 atom stereocenters. The maximum atomic E-state index is 10.7. The van der Waals surface area contributed by atoms with Crippen molar-refractivity contribution in [2.75, 3.05) is 18.5 Å². The number of aliphatic hydroxyl groups excluding tert-OH is 2. The molecule has 0 saturated carbocycles. The van der Waals surface area contributed by atoms with Gasteiger partial charge in [0.15, 0.2) is 10.2 Å². The molecule has 21 heavy (non-hydrogen) atoms. The predicted molar refractivity (Wildman–Crippen MR) is 83.6 cm³/mol. The summed E-state index contributed by atoms with van der Waals surface area (Å²) >= 11 is 6.25. The molecule has 1 aromatic heterocycles. The van der Waals surface area contributed by atoms with Crippen LogP contribution in [0.2, 0.25) is 0 Å². The molecule has 0 aliphatic heterocycles. The Morgan fingerprint density at radius 3 is 2.81 bits per heavy atom. The number of non-ortho nitro benzene ring substituents is 1. The van der Waals surface area contributed by atoms with Gasteiger partial charge < -0.3 is 20.8 Å². The van der Waals surface area contributed by atoms with Gasteiger partial charge in [-0.2, -0.15) is 0 Å². The summed E-state index contributed by atoms with van der Waals surface area (Å²) in [5.41, 5.74) is 0.621. The maximum absolute atomic E-state index is 10.7. The van der Waals surface area contributed by atoms with Gasteiger partial charge >= 0.3 is 0 Å². The van der Waals surface area contributed by atoms with E-state index in [9.17, 15) is 10.1 Å². The summed E-state index contributed by atoms with van der Waals surface area (Å²) in [5.74, 6) is 0. The number of anilines is 1. The molecule has 1 heterocycles. The molecule has 2 rings (SSSR count). The Morgan fingerprint density at radius 1 is 1.48 bits per heavy atom. The Bertz CT molecular complexity index is 671. The number of nitro groups is 1. The second-order valence-electron chi connectivity index (χ2n) is 4.09. The highest BCUT2D eigenvalue weighted by Gasteiger charge is 2.12. The van der Waals surface area contributed by atoms with E-state index in [1.165, 1.54) is 23.5 Å². The number of aromatic nitrogens is 1. The number of aliphatic hydroxyl groups is 2. The molecule has 0 saturated heterocycles. The Hall–Kier alpha value is -1.88. The lowest BCUT2D eigenvalue weighted by molar-refractivity contribution is -0.384. The summed E-state index contributed by atoms with van der Waals surface area (Å²) in [5, 5.41) is 34.8. The van der Waals surface area contributed by atoms with Crippen LogP contribution in [0.3, 0.4) is 0 Å². The Morgan fingerprint density at radius 2 is 2.19 bits per heavy atom. The summed E-state index contributed by atoms with van der Waals surface area (Å²) in [6.07, 6.45) is 0. The first-order chi connectivity index (χ1) is 10.0. The molecule has 2 aromatic rings. The van der Waals surface area contributed by atoms with Crippen LogP contribution in [-0.2, 0) is 0 Å². The first-order valence-corrected chi connectivity index (χ1v) is 7.10. The fourth-order valence-electron chi connectivity index (χ4n) is 1.55. The number of fused-ring (bicyclic) bond motifs is 1. The molecule has 0 radical (unpaired) electrons. The van der Waals surface area contributed by atoms with Gasteiger partial charge in [0.2, 0.25) is 0 Å². The van der Waals surface area contributed by atoms with Crippen molar-refractivity contribution in [3.05, 3.63) is 28.3 Å². The average molecular weight is 328 g/mol. The van der Waals surface area contributed by atoms with Crippen LogP contribution in [0.1, 0.15) is 0 Å². The molecule has 0 aliphatic carbocycles. The number of thiocarbonyl (C=S) groups is 1. The van der Waals surface area contributed by atoms with Crippen LogP contribution in [-0.4, -0.2) is 44.5 Å². The molecule has 0 amide bonds. The third-order valence-corrected chi connectivity index (χ3v) is 3.73. The molecule has 1 aromatic carbocycles. The van der Waals surface area contributed by atoms with Crippen molar-refractivity contribution in [1.29, 1.82) is 0 Å². The number of benzene rings is 1. The molecular formula is C11H12N4O4S2. The number of nitrogens with one attached hydrogen (secondary N) is 2. The van der Waals surface area contributed by atoms with Gasteiger partial charge in [-0.1, -0.05) is 11.3 Å². The van der Waals surface area contributed by atoms with E-state index in [2.05, 4.69) is 15.6 Å². The summed E-state index contributed by atoms with van der Waals surface area (Å²) in [4.78, 5) is 14.5. The summed E-state index contributed by atoms with van der Waals surface area (Å²) in [7, 11) is 0. The van der Waals surface area contributed by atoms with Gasteiger partial charge in [-0.25, -0.2) is 4.98 Å². The lowest BCUT2D eigenvalue weighted by Gasteiger charge is -2.15. The third kappa shape index (κ3) is 3.82. The zero-order valence-electron chi connectivity index (χ0n) is 10.6. The van der Waals surface area contributed by atoms with Crippen molar-refractivity contribution in [2.45, 2.75) is 6.04 Å². The average Bonchev–Trinajstić information content (AvgIpc) is 2.85. The van der Waals surface area contributed by atoms with Gasteiger partial charge in [0.25, 0.3) is 5.69 Å². The van der Waals surface area contributed by atoms with Crippen molar-refractivity contribution < 1.29 is 15.1 Å². The molecule has 112 valence electrons. The summed E-state index contributed by atoms with van der Waals surface area (Å²) in [6, 6.07) is 3.84. The Balaban J connectivity index is 2.12. The van der Waals surface area contributed by atoms with Crippen molar-refractivity contribution >= 4 is 49.7 Å². The van der Waals surface area contributed by atoms with E-state index >= 15 is 0 Å². The Kier molecular flexibility index (Phi) is 4.96. The van der Waals surface area contributed by atoms with E-state index in [1.54, 1.807) is 6.07 Å². The van der Waals surface area contributed by atoms with Gasteiger partial charge in [-0.15, -0.1) is 0 Å². The fourth-order valence-corrected chi connectivity index (χ4v) is 2.78. The zero-order valence-corrected chi connectivity index (χ0v) is 12.3. The second kappa shape index (κ2) is 6.72. The van der Waals surface area contributed by atoms with E-state index in [0.29, 0.717) is 15.3 Å². The minimum atomic E-state index is -0.555. The first-order valence-electron chi connectivity index (χ1n) is 5.87. The van der Waals surface area contributed by atoms with Crippen molar-refractivity contribution in [3.63, 3.8) is 0 Å². The largest absolute Gasteiger partial charge is 0.394 e. The van der Waals surface area contributed by atoms with Crippen LogP contribution < -0.4 is 10.6 Å². The molecule has 0 fully saturated rings. The number of hydrogen-bond donors (Lipinski definition) is 4. The highest BCUT2D eigenvalue weighted by Crippen LogP contribution is 2.29. The van der Waals surface area contributed by atoms with E-state index in [0.717, 1.165) is 0 Å². The van der Waals surface area contributed by atoms with Crippen LogP contribution in [0.25, 0.3) is 10.2 Å². The van der Waals surface area contributed by atoms with Crippen LogP contribution >= 0.6 is 23.6 Å². The normalized spacial score (nSPS) is 10.8. The quantitative estimate of drug-likeness (QED) is 0.362. The molecule has 0 aliphatic rings. The van der Waals surface area contributed by atoms with Crippen molar-refractivity contribution in [3.8, 4) is 0 Å². The highest BCUT2D eigenvalue weighted by atomic mass is 32.1. The minimum Gasteiger partial charge on any atom is -0.394 e. The molecule has 0 spiro atoms. The summed E-state index contributed by atoms with van der Waals surface area (Å²) < 4.78 is 0.662. The topological polar surface area (TPSA) is 121 Å². The SMILES string of the molecule is O=[N+]([O-])c1ccc2nc(NC(=S)NC(CO)CO)sc2c1. The number of nitrogens with zero attached hydrogens (tertiary/aromatic N) is 2. The van der Waals surface area contributed by atoms with Crippen molar-refractivity contribution in [2.24, 2.45) is 0 Å². The van der Waals surface area contributed by atoms with Crippen molar-refractivity contribution in [1.82, 2.24) is 10.3 Å². The number of nitro benzene ring substituents is 1. The standard InChI is InChI=1S/C11H12N4O4S2/c16-4-6(5-17)12-10(20)14-11-13-8-2-1-7(15(18)19)3-9(8)21-11/h1-3,6,16-17H,4-5H2,(H2,12,13,14,20). The van der Waals surface area contributed by atoms with E-state index < -0.39 is 11.0 Å². The fraction of sp³-hybridized carbons (Fsp3) is 0.273. The van der Waals surface area contributed by atoms with Gasteiger partial charge in [0.1, 0.15) is 0 Å². The highest BCUT2D eigenvalue weighted by molar-refractivity contribution is 7.80. The first kappa shape index (κ1) is 15.5. The molecule has 0 bridgehead atoms. The number of thiazole rings is 1. The van der Waals surface area contributed by atoms with Crippen LogP contribution in [0.5, 0.6) is 0 Å². The van der Waals surface area contributed by atoms with Gasteiger partial charge in [0, 0.05) is 12.1 Å². The van der Waals surface area contributed by atoms with E-state index in [-0.39, 0.29) is 24.0 Å². The van der Waals surface area contributed by atoms with E-state index in [4.69, 9.17) is 22.4 Å². The van der Waals surface area contributed by atoms with Gasteiger partial charge in [-0.3, -0.25) is 10.1 Å². The smallest absolute Gasteiger partial charge is 0.270 e. The van der Waals surface area contributed by atoms with E-state index in [1.807, 2.05) is 0 Å².